The summed E-state index contributed by atoms with van der Waals surface area (Å²) in [6, 6.07) is 0. The Hall–Kier alpha value is -0.790. The fourth-order valence-electron chi connectivity index (χ4n) is 3.23. The predicted molar refractivity (Wildman–Crippen MR) is 98.4 cm³/mol. The van der Waals surface area contributed by atoms with Crippen molar-refractivity contribution < 1.29 is 8.98 Å². The van der Waals surface area contributed by atoms with Crippen LogP contribution in [0.1, 0.15) is 110 Å². The van der Waals surface area contributed by atoms with Crippen LogP contribution in [-0.2, 0) is 6.54 Å². The molecule has 1 heterocycles. The molecule has 0 aliphatic heterocycles. The van der Waals surface area contributed by atoms with Crippen LogP contribution in [0.3, 0.4) is 0 Å². The monoisotopic (exact) mass is 322 g/mol. The van der Waals surface area contributed by atoms with E-state index in [2.05, 4.69) is 11.5 Å². The molecule has 0 N–H and O–H groups in total. The van der Waals surface area contributed by atoms with E-state index < -0.39 is 0 Å². The topological polar surface area (TPSA) is 17.0 Å². The van der Waals surface area contributed by atoms with E-state index in [4.69, 9.17) is 4.42 Å². The van der Waals surface area contributed by atoms with Gasteiger partial charge in [-0.3, -0.25) is 0 Å². The lowest BCUT2D eigenvalue weighted by atomic mass is 10.0. The predicted octanol–water partition coefficient (Wildman–Crippen LogP) is 6.83. The van der Waals surface area contributed by atoms with Crippen molar-refractivity contribution in [3.63, 3.8) is 0 Å². The molecule has 0 saturated heterocycles. The lowest BCUT2D eigenvalue weighted by molar-refractivity contribution is -0.700. The van der Waals surface area contributed by atoms with Gasteiger partial charge in [-0.2, -0.15) is 4.57 Å². The highest BCUT2D eigenvalue weighted by molar-refractivity contribution is 4.50. The molecule has 0 saturated carbocycles. The first-order valence-electron chi connectivity index (χ1n) is 10.3. The number of nitrogens with zero attached hydrogens (tertiary/aromatic N) is 1. The van der Waals surface area contributed by atoms with Crippen molar-refractivity contribution in [1.29, 1.82) is 0 Å². The lowest BCUT2D eigenvalue weighted by Crippen LogP contribution is -2.29. The number of unbranched alkanes of at least 4 members (excludes halogenated alkanes) is 15. The normalized spacial score (nSPS) is 11.2. The van der Waals surface area contributed by atoms with E-state index in [1.165, 1.54) is 103 Å². The van der Waals surface area contributed by atoms with Crippen LogP contribution >= 0.6 is 0 Å². The molecule has 23 heavy (non-hydrogen) atoms. The van der Waals surface area contributed by atoms with Gasteiger partial charge in [-0.25, -0.2) is 0 Å². The number of oxazole rings is 1. The molecule has 0 bridgehead atoms. The van der Waals surface area contributed by atoms with Gasteiger partial charge in [0, 0.05) is 6.42 Å². The molecule has 2 heteroatoms. The Morgan fingerprint density at radius 2 is 1.04 bits per heavy atom. The first-order valence-corrected chi connectivity index (χ1v) is 10.3. The van der Waals surface area contributed by atoms with E-state index in [1.807, 2.05) is 6.20 Å². The van der Waals surface area contributed by atoms with E-state index in [1.54, 1.807) is 12.7 Å². The van der Waals surface area contributed by atoms with E-state index in [-0.39, 0.29) is 0 Å². The van der Waals surface area contributed by atoms with Crippen molar-refractivity contribution in [2.24, 2.45) is 0 Å². The summed E-state index contributed by atoms with van der Waals surface area (Å²) in [5.41, 5.74) is 0. The van der Waals surface area contributed by atoms with Gasteiger partial charge < -0.3 is 4.42 Å². The van der Waals surface area contributed by atoms with Crippen molar-refractivity contribution in [3.05, 3.63) is 18.9 Å². The van der Waals surface area contributed by atoms with Gasteiger partial charge in [0.15, 0.2) is 12.8 Å². The Morgan fingerprint density at radius 3 is 1.43 bits per heavy atom. The third kappa shape index (κ3) is 13.4. The lowest BCUT2D eigenvalue weighted by Gasteiger charge is -2.03. The largest absolute Gasteiger partial charge is 0.412 e. The van der Waals surface area contributed by atoms with E-state index in [0.717, 1.165) is 6.54 Å². The van der Waals surface area contributed by atoms with Crippen molar-refractivity contribution in [1.82, 2.24) is 0 Å². The summed E-state index contributed by atoms with van der Waals surface area (Å²) < 4.78 is 7.19. The number of aromatic nitrogens is 1. The molecule has 0 unspecified atom stereocenters. The van der Waals surface area contributed by atoms with Gasteiger partial charge in [-0.1, -0.05) is 96.8 Å². The average Bonchev–Trinajstić information content (AvgIpc) is 3.08. The smallest absolute Gasteiger partial charge is 0.334 e. The van der Waals surface area contributed by atoms with Crippen LogP contribution in [0.4, 0.5) is 0 Å². The molecule has 0 atom stereocenters. The van der Waals surface area contributed by atoms with E-state index >= 15 is 0 Å². The summed E-state index contributed by atoms with van der Waals surface area (Å²) in [4.78, 5) is 0. The maximum Gasteiger partial charge on any atom is 0.334 e. The summed E-state index contributed by atoms with van der Waals surface area (Å²) in [6.45, 7) is 3.40. The van der Waals surface area contributed by atoms with Gasteiger partial charge >= 0.3 is 6.39 Å². The molecule has 2 nitrogen and oxygen atoms in total. The van der Waals surface area contributed by atoms with Crippen molar-refractivity contribution in [2.45, 2.75) is 116 Å². The third-order valence-corrected chi connectivity index (χ3v) is 4.80. The van der Waals surface area contributed by atoms with Gasteiger partial charge in [0.05, 0.1) is 0 Å². The zero-order valence-electron chi connectivity index (χ0n) is 15.6. The van der Waals surface area contributed by atoms with Gasteiger partial charge in [0.2, 0.25) is 6.20 Å². The number of hydrogen-bond donors (Lipinski definition) is 0. The average molecular weight is 323 g/mol. The summed E-state index contributed by atoms with van der Waals surface area (Å²) in [7, 11) is 0. The van der Waals surface area contributed by atoms with E-state index in [9.17, 15) is 0 Å². The van der Waals surface area contributed by atoms with Gasteiger partial charge in [0.25, 0.3) is 0 Å². The quantitative estimate of drug-likeness (QED) is 0.227. The molecule has 0 spiro atoms. The second-order valence-corrected chi connectivity index (χ2v) is 7.07. The Kier molecular flexibility index (Phi) is 14.2. The minimum atomic E-state index is 1.11. The molecule has 1 aromatic heterocycles. The maximum absolute atomic E-state index is 5.06. The van der Waals surface area contributed by atoms with Crippen LogP contribution in [0.2, 0.25) is 0 Å². The van der Waals surface area contributed by atoms with Gasteiger partial charge in [0.1, 0.15) is 0 Å². The molecule has 1 aromatic rings. The molecule has 134 valence electrons. The highest BCUT2D eigenvalue weighted by atomic mass is 16.3. The summed E-state index contributed by atoms with van der Waals surface area (Å²) in [5.74, 6) is 0. The molecular weight excluding hydrogens is 282 g/mol. The number of rotatable bonds is 17. The molecule has 0 aromatic carbocycles. The highest BCUT2D eigenvalue weighted by Crippen LogP contribution is 2.13. The molecular formula is C21H40NO+. The van der Waals surface area contributed by atoms with Crippen LogP contribution in [0.25, 0.3) is 0 Å². The van der Waals surface area contributed by atoms with Crippen molar-refractivity contribution in [2.75, 3.05) is 0 Å². The minimum Gasteiger partial charge on any atom is -0.412 e. The van der Waals surface area contributed by atoms with Gasteiger partial charge in [-0.15, -0.1) is 0 Å². The Labute approximate surface area is 144 Å². The fourth-order valence-corrected chi connectivity index (χ4v) is 3.23. The summed E-state index contributed by atoms with van der Waals surface area (Å²) >= 11 is 0. The second kappa shape index (κ2) is 16.1. The maximum atomic E-state index is 5.06. The van der Waals surface area contributed by atoms with Crippen LogP contribution < -0.4 is 4.57 Å². The van der Waals surface area contributed by atoms with E-state index in [0.29, 0.717) is 0 Å². The molecule has 0 aliphatic carbocycles. The Balaban J connectivity index is 1.67. The summed E-state index contributed by atoms with van der Waals surface area (Å²) in [5, 5.41) is 0. The SMILES string of the molecule is CCCCCCCCCCCCCCCCCC[n+]1ccoc1. The Bertz CT molecular complexity index is 321. The van der Waals surface area contributed by atoms with Gasteiger partial charge in [-0.05, 0) is 6.42 Å². The van der Waals surface area contributed by atoms with Crippen molar-refractivity contribution in [3.8, 4) is 0 Å². The summed E-state index contributed by atoms with van der Waals surface area (Å²) in [6.07, 6.45) is 28.4. The van der Waals surface area contributed by atoms with Crippen LogP contribution in [0, 0.1) is 0 Å². The second-order valence-electron chi connectivity index (χ2n) is 7.07. The van der Waals surface area contributed by atoms with Crippen LogP contribution in [-0.4, -0.2) is 0 Å². The Morgan fingerprint density at radius 1 is 0.609 bits per heavy atom. The van der Waals surface area contributed by atoms with Crippen molar-refractivity contribution >= 4 is 0 Å². The first kappa shape index (κ1) is 20.3. The standard InChI is InChI=1S/C21H40NO/c1-2-3-4-5-6-7-8-9-10-11-12-13-14-15-16-17-18-22-19-20-23-21-22/h19-21H,2-18H2,1H3/q+1. The number of aryl methyl sites for hydroxylation is 1. The first-order chi connectivity index (χ1) is 11.4. The molecule has 0 amide bonds. The highest BCUT2D eigenvalue weighted by Gasteiger charge is 2.00. The molecule has 0 fully saturated rings. The molecule has 0 radical (unpaired) electrons. The molecule has 0 aliphatic rings. The minimum absolute atomic E-state index is 1.11. The van der Waals surface area contributed by atoms with Crippen LogP contribution in [0.5, 0.6) is 0 Å². The molecule has 1 rings (SSSR count). The van der Waals surface area contributed by atoms with Crippen LogP contribution in [0.15, 0.2) is 23.3 Å². The third-order valence-electron chi connectivity index (χ3n) is 4.80. The zero-order valence-corrected chi connectivity index (χ0v) is 15.6. The zero-order chi connectivity index (χ0) is 16.4. The fraction of sp³-hybridized carbons (Fsp3) is 0.857. The number of hydrogen-bond acceptors (Lipinski definition) is 1.